The molecular formula is C8H7NO6S. The monoisotopic (exact) mass is 245 g/mol. The number of benzene rings is 1. The Morgan fingerprint density at radius 3 is 1.94 bits per heavy atom. The van der Waals surface area contributed by atoms with Gasteiger partial charge in [0.25, 0.3) is 0 Å². The molecule has 8 heteroatoms. The number of nitrogens with two attached hydrogens (primary N) is 1. The summed E-state index contributed by atoms with van der Waals surface area (Å²) in [5.74, 6) is -3.00. The lowest BCUT2D eigenvalue weighted by Crippen LogP contribution is -2.15. The summed E-state index contributed by atoms with van der Waals surface area (Å²) in [7, 11) is -4.06. The molecule has 0 bridgehead atoms. The van der Waals surface area contributed by atoms with Crippen LogP contribution in [0.2, 0.25) is 0 Å². The highest BCUT2D eigenvalue weighted by molar-refractivity contribution is 7.89. The Balaban J connectivity index is 3.52. The maximum absolute atomic E-state index is 10.9. The van der Waals surface area contributed by atoms with Crippen LogP contribution < -0.4 is 5.14 Å². The normalized spacial score (nSPS) is 11.1. The van der Waals surface area contributed by atoms with Gasteiger partial charge in [-0.15, -0.1) is 0 Å². The van der Waals surface area contributed by atoms with Crippen LogP contribution >= 0.6 is 0 Å². The fourth-order valence-electron chi connectivity index (χ4n) is 1.06. The molecule has 0 fully saturated rings. The van der Waals surface area contributed by atoms with Gasteiger partial charge < -0.3 is 10.2 Å². The molecule has 0 aliphatic rings. The summed E-state index contributed by atoms with van der Waals surface area (Å²) in [5.41, 5.74) is -1.13. The Kier molecular flexibility index (Phi) is 2.97. The molecule has 1 aromatic carbocycles. The van der Waals surface area contributed by atoms with Crippen molar-refractivity contribution in [3.63, 3.8) is 0 Å². The lowest BCUT2D eigenvalue weighted by atomic mass is 10.1. The average Bonchev–Trinajstić information content (AvgIpc) is 2.15. The minimum absolute atomic E-state index is 0.449. The molecule has 1 aromatic rings. The molecule has 0 aromatic heterocycles. The maximum atomic E-state index is 10.9. The summed E-state index contributed by atoms with van der Waals surface area (Å²) in [5, 5.41) is 22.2. The van der Waals surface area contributed by atoms with E-state index in [-0.39, 0.29) is 0 Å². The van der Waals surface area contributed by atoms with Gasteiger partial charge in [0.15, 0.2) is 0 Å². The van der Waals surface area contributed by atoms with Crippen molar-refractivity contribution in [2.75, 3.05) is 0 Å². The Bertz CT molecular complexity index is 562. The first-order chi connectivity index (χ1) is 7.23. The second kappa shape index (κ2) is 3.91. The average molecular weight is 245 g/mol. The van der Waals surface area contributed by atoms with Crippen molar-refractivity contribution < 1.29 is 28.2 Å². The van der Waals surface area contributed by atoms with Crippen LogP contribution in [0, 0.1) is 0 Å². The van der Waals surface area contributed by atoms with Crippen LogP contribution in [0.4, 0.5) is 0 Å². The second-order valence-electron chi connectivity index (χ2n) is 2.86. The van der Waals surface area contributed by atoms with Gasteiger partial charge in [0.2, 0.25) is 10.0 Å². The Hall–Kier alpha value is -1.93. The van der Waals surface area contributed by atoms with Crippen molar-refractivity contribution in [2.24, 2.45) is 5.14 Å². The maximum Gasteiger partial charge on any atom is 0.336 e. The predicted octanol–water partition coefficient (Wildman–Crippen LogP) is -0.270. The number of hydrogen-bond acceptors (Lipinski definition) is 4. The number of carboxylic acids is 2. The van der Waals surface area contributed by atoms with Crippen molar-refractivity contribution >= 4 is 22.0 Å². The van der Waals surface area contributed by atoms with Gasteiger partial charge in [-0.1, -0.05) is 0 Å². The molecule has 16 heavy (non-hydrogen) atoms. The Labute approximate surface area is 90.2 Å². The number of sulfonamides is 1. The van der Waals surface area contributed by atoms with Crippen molar-refractivity contribution in [3.05, 3.63) is 29.3 Å². The zero-order valence-electron chi connectivity index (χ0n) is 7.75. The van der Waals surface area contributed by atoms with Gasteiger partial charge in [-0.2, -0.15) is 0 Å². The number of hydrogen-bond donors (Lipinski definition) is 3. The third-order valence-corrected chi connectivity index (χ3v) is 2.69. The molecule has 0 radical (unpaired) electrons. The molecular weight excluding hydrogens is 238 g/mol. The standard InChI is InChI=1S/C8H7NO6S/c9-16(14,15)4-1-2-5(7(10)11)6(3-4)8(12)13/h1-3H,(H,10,11)(H,12,13)(H2,9,14,15). The molecule has 4 N–H and O–H groups in total. The predicted molar refractivity (Wildman–Crippen MR) is 51.7 cm³/mol. The van der Waals surface area contributed by atoms with E-state index in [0.717, 1.165) is 12.1 Å². The van der Waals surface area contributed by atoms with Crippen LogP contribution in [0.1, 0.15) is 20.7 Å². The summed E-state index contributed by atoms with van der Waals surface area (Å²) in [6.45, 7) is 0. The SMILES string of the molecule is NS(=O)(=O)c1ccc(C(=O)O)c(C(=O)O)c1. The van der Waals surface area contributed by atoms with Crippen LogP contribution in [0.3, 0.4) is 0 Å². The van der Waals surface area contributed by atoms with Crippen LogP contribution in [0.25, 0.3) is 0 Å². The second-order valence-corrected chi connectivity index (χ2v) is 4.42. The molecule has 1 rings (SSSR count). The van der Waals surface area contributed by atoms with E-state index in [0.29, 0.717) is 6.07 Å². The number of carboxylic acid groups (broad SMARTS) is 2. The molecule has 0 unspecified atom stereocenters. The van der Waals surface area contributed by atoms with Gasteiger partial charge in [0.05, 0.1) is 16.0 Å². The zero-order chi connectivity index (χ0) is 12.5. The Morgan fingerprint density at radius 2 is 1.56 bits per heavy atom. The van der Waals surface area contributed by atoms with Crippen LogP contribution in [0.5, 0.6) is 0 Å². The van der Waals surface area contributed by atoms with Crippen molar-refractivity contribution in [3.8, 4) is 0 Å². The van der Waals surface area contributed by atoms with Gasteiger partial charge in [0.1, 0.15) is 0 Å². The fourth-order valence-corrected chi connectivity index (χ4v) is 1.60. The zero-order valence-corrected chi connectivity index (χ0v) is 8.56. The van der Waals surface area contributed by atoms with Gasteiger partial charge in [-0.3, -0.25) is 0 Å². The quantitative estimate of drug-likeness (QED) is 0.670. The molecule has 0 saturated carbocycles. The first-order valence-electron chi connectivity index (χ1n) is 3.87. The molecule has 0 aliphatic carbocycles. The van der Waals surface area contributed by atoms with Gasteiger partial charge in [0, 0.05) is 0 Å². The van der Waals surface area contributed by atoms with E-state index in [1.54, 1.807) is 0 Å². The van der Waals surface area contributed by atoms with Gasteiger partial charge >= 0.3 is 11.9 Å². The van der Waals surface area contributed by atoms with E-state index < -0.39 is 38.0 Å². The summed E-state index contributed by atoms with van der Waals surface area (Å²) in [4.78, 5) is 20.9. The number of carbonyl (C=O) groups is 2. The van der Waals surface area contributed by atoms with Crippen molar-refractivity contribution in [1.82, 2.24) is 0 Å². The molecule has 86 valence electrons. The molecule has 0 aliphatic heterocycles. The first-order valence-corrected chi connectivity index (χ1v) is 5.41. The van der Waals surface area contributed by atoms with Crippen molar-refractivity contribution in [1.29, 1.82) is 0 Å². The minimum atomic E-state index is -4.06. The van der Waals surface area contributed by atoms with Crippen LogP contribution in [-0.2, 0) is 10.0 Å². The van der Waals surface area contributed by atoms with E-state index >= 15 is 0 Å². The third kappa shape index (κ3) is 2.35. The van der Waals surface area contributed by atoms with E-state index in [2.05, 4.69) is 0 Å². The number of aromatic carboxylic acids is 2. The van der Waals surface area contributed by atoms with E-state index in [9.17, 15) is 18.0 Å². The minimum Gasteiger partial charge on any atom is -0.478 e. The lowest BCUT2D eigenvalue weighted by Gasteiger charge is -2.03. The van der Waals surface area contributed by atoms with Crippen LogP contribution in [0.15, 0.2) is 23.1 Å². The van der Waals surface area contributed by atoms with Crippen LogP contribution in [-0.4, -0.2) is 30.6 Å². The Morgan fingerprint density at radius 1 is 1.06 bits per heavy atom. The van der Waals surface area contributed by atoms with Gasteiger partial charge in [-0.05, 0) is 18.2 Å². The number of rotatable bonds is 3. The molecule has 0 spiro atoms. The van der Waals surface area contributed by atoms with Crippen molar-refractivity contribution in [2.45, 2.75) is 4.90 Å². The molecule has 0 atom stereocenters. The first kappa shape index (κ1) is 12.1. The summed E-state index contributed by atoms with van der Waals surface area (Å²) >= 11 is 0. The highest BCUT2D eigenvalue weighted by Crippen LogP contribution is 2.15. The number of primary sulfonamides is 1. The summed E-state index contributed by atoms with van der Waals surface area (Å²) < 4.78 is 21.9. The smallest absolute Gasteiger partial charge is 0.336 e. The molecule has 0 heterocycles. The molecule has 7 nitrogen and oxygen atoms in total. The topological polar surface area (TPSA) is 135 Å². The van der Waals surface area contributed by atoms with Gasteiger partial charge in [-0.25, -0.2) is 23.1 Å². The fraction of sp³-hybridized carbons (Fsp3) is 0. The largest absolute Gasteiger partial charge is 0.478 e. The molecule has 0 amide bonds. The highest BCUT2D eigenvalue weighted by atomic mass is 32.2. The van der Waals surface area contributed by atoms with E-state index in [1.807, 2.05) is 0 Å². The van der Waals surface area contributed by atoms with E-state index in [4.69, 9.17) is 15.4 Å². The lowest BCUT2D eigenvalue weighted by molar-refractivity contribution is 0.0651. The molecule has 0 saturated heterocycles. The van der Waals surface area contributed by atoms with E-state index in [1.165, 1.54) is 0 Å². The summed E-state index contributed by atoms with van der Waals surface area (Å²) in [6.07, 6.45) is 0. The summed E-state index contributed by atoms with van der Waals surface area (Å²) in [6, 6.07) is 2.53. The third-order valence-electron chi connectivity index (χ3n) is 1.78. The highest BCUT2D eigenvalue weighted by Gasteiger charge is 2.19.